The lowest BCUT2D eigenvalue weighted by Gasteiger charge is -2.28. The zero-order chi connectivity index (χ0) is 17.6. The number of ether oxygens (including phenoxy) is 1. The molecule has 0 radical (unpaired) electrons. The molecule has 2 aromatic carbocycles. The van der Waals surface area contributed by atoms with Gasteiger partial charge in [-0.2, -0.15) is 0 Å². The number of aliphatic imine (C=N–C) groups is 1. The molecule has 25 heavy (non-hydrogen) atoms. The van der Waals surface area contributed by atoms with Gasteiger partial charge in [0.2, 0.25) is 0 Å². The maximum absolute atomic E-state index is 5.91. The Morgan fingerprint density at radius 3 is 2.28 bits per heavy atom. The lowest BCUT2D eigenvalue weighted by molar-refractivity contribution is 0.334. The summed E-state index contributed by atoms with van der Waals surface area (Å²) in [5, 5.41) is 1.65. The van der Waals surface area contributed by atoms with E-state index in [1.807, 2.05) is 24.3 Å². The van der Waals surface area contributed by atoms with E-state index in [2.05, 4.69) is 41.9 Å². The molecule has 0 heterocycles. The molecule has 4 heteroatoms. The Hall–Kier alpha value is -1.45. The van der Waals surface area contributed by atoms with Crippen LogP contribution in [0.1, 0.15) is 43.6 Å². The first-order valence-corrected chi connectivity index (χ1v) is 9.62. The Morgan fingerprint density at radius 1 is 1.04 bits per heavy atom. The summed E-state index contributed by atoms with van der Waals surface area (Å²) in [5.41, 5.74) is 2.35. The summed E-state index contributed by atoms with van der Waals surface area (Å²) >= 11 is 10.5. The molecule has 0 N–H and O–H groups in total. The van der Waals surface area contributed by atoms with Gasteiger partial charge in [0.05, 0.1) is 17.8 Å². The fourth-order valence-electron chi connectivity index (χ4n) is 3.54. The maximum Gasteiger partial charge on any atom is 0.118 e. The minimum absolute atomic E-state index is 0.665. The minimum atomic E-state index is 0.665. The fourth-order valence-corrected chi connectivity index (χ4v) is 4.04. The molecule has 3 rings (SSSR count). The molecule has 1 saturated carbocycles. The van der Waals surface area contributed by atoms with Gasteiger partial charge in [-0.05, 0) is 85.9 Å². The number of hydrogen-bond donors (Lipinski definition) is 1. The highest BCUT2D eigenvalue weighted by atomic mass is 35.5. The van der Waals surface area contributed by atoms with Crippen molar-refractivity contribution in [1.29, 1.82) is 0 Å². The van der Waals surface area contributed by atoms with Crippen molar-refractivity contribution in [3.8, 4) is 5.75 Å². The van der Waals surface area contributed by atoms with Crippen LogP contribution in [0.5, 0.6) is 5.75 Å². The van der Waals surface area contributed by atoms with Crippen LogP contribution in [0.2, 0.25) is 5.02 Å². The molecule has 1 aliphatic carbocycles. The van der Waals surface area contributed by atoms with Crippen molar-refractivity contribution in [3.05, 3.63) is 59.1 Å². The van der Waals surface area contributed by atoms with E-state index in [1.54, 1.807) is 7.11 Å². The average molecular weight is 374 g/mol. The molecule has 132 valence electrons. The SMILES string of the molecule is COc1ccc([C@H]2CC[C@@H](CC(S)=Nc3ccc(Cl)cc3)CC2)cc1. The Kier molecular flexibility index (Phi) is 6.44. The van der Waals surface area contributed by atoms with E-state index in [-0.39, 0.29) is 0 Å². The van der Waals surface area contributed by atoms with Gasteiger partial charge in [0.15, 0.2) is 0 Å². The first kappa shape index (κ1) is 18.3. The van der Waals surface area contributed by atoms with E-state index in [9.17, 15) is 0 Å². The van der Waals surface area contributed by atoms with Crippen LogP contribution in [0.3, 0.4) is 0 Å². The molecule has 0 aromatic heterocycles. The largest absolute Gasteiger partial charge is 0.497 e. The van der Waals surface area contributed by atoms with Crippen LogP contribution in [-0.4, -0.2) is 12.2 Å². The van der Waals surface area contributed by atoms with Gasteiger partial charge in [0, 0.05) is 5.02 Å². The number of rotatable bonds is 5. The fraction of sp³-hybridized carbons (Fsp3) is 0.381. The molecule has 2 nitrogen and oxygen atoms in total. The Labute approximate surface area is 160 Å². The van der Waals surface area contributed by atoms with Crippen molar-refractivity contribution < 1.29 is 4.74 Å². The van der Waals surface area contributed by atoms with Crippen LogP contribution in [0, 0.1) is 5.92 Å². The van der Waals surface area contributed by atoms with E-state index in [1.165, 1.54) is 31.2 Å². The summed E-state index contributed by atoms with van der Waals surface area (Å²) < 4.78 is 5.24. The summed E-state index contributed by atoms with van der Waals surface area (Å²) in [6, 6.07) is 16.1. The highest BCUT2D eigenvalue weighted by Crippen LogP contribution is 2.38. The van der Waals surface area contributed by atoms with Crippen molar-refractivity contribution in [2.24, 2.45) is 10.9 Å². The summed E-state index contributed by atoms with van der Waals surface area (Å²) in [4.78, 5) is 4.60. The second-order valence-electron chi connectivity index (χ2n) is 6.70. The number of nitrogens with zero attached hydrogens (tertiary/aromatic N) is 1. The third kappa shape index (κ3) is 5.26. The topological polar surface area (TPSA) is 21.6 Å². The van der Waals surface area contributed by atoms with Crippen LogP contribution < -0.4 is 4.74 Å². The van der Waals surface area contributed by atoms with Crippen molar-refractivity contribution in [2.75, 3.05) is 7.11 Å². The predicted molar refractivity (Wildman–Crippen MR) is 110 cm³/mol. The average Bonchev–Trinajstić information content (AvgIpc) is 2.64. The van der Waals surface area contributed by atoms with Gasteiger partial charge in [-0.3, -0.25) is 0 Å². The van der Waals surface area contributed by atoms with Gasteiger partial charge in [-0.25, -0.2) is 4.99 Å². The Balaban J connectivity index is 1.52. The number of methoxy groups -OCH3 is 1. The lowest BCUT2D eigenvalue weighted by Crippen LogP contribution is -2.15. The van der Waals surface area contributed by atoms with Crippen molar-refractivity contribution in [3.63, 3.8) is 0 Å². The van der Waals surface area contributed by atoms with Gasteiger partial charge in [-0.15, -0.1) is 12.6 Å². The van der Waals surface area contributed by atoms with Crippen LogP contribution in [0.15, 0.2) is 53.5 Å². The quantitative estimate of drug-likeness (QED) is 0.352. The molecule has 0 unspecified atom stereocenters. The van der Waals surface area contributed by atoms with Crippen LogP contribution in [-0.2, 0) is 0 Å². The van der Waals surface area contributed by atoms with Crippen molar-refractivity contribution >= 4 is 35.0 Å². The minimum Gasteiger partial charge on any atom is -0.497 e. The molecular formula is C21H24ClNOS. The molecule has 0 atom stereocenters. The van der Waals surface area contributed by atoms with Gasteiger partial charge < -0.3 is 4.74 Å². The highest BCUT2D eigenvalue weighted by Gasteiger charge is 2.23. The van der Waals surface area contributed by atoms with Gasteiger partial charge in [0.1, 0.15) is 5.75 Å². The van der Waals surface area contributed by atoms with Crippen LogP contribution in [0.25, 0.3) is 0 Å². The predicted octanol–water partition coefficient (Wildman–Crippen LogP) is 6.67. The first-order chi connectivity index (χ1) is 12.1. The van der Waals surface area contributed by atoms with E-state index in [0.29, 0.717) is 11.8 Å². The summed E-state index contributed by atoms with van der Waals surface area (Å²) in [7, 11) is 1.71. The normalized spacial score (nSPS) is 21.2. The molecule has 1 aliphatic rings. The zero-order valence-electron chi connectivity index (χ0n) is 14.5. The monoisotopic (exact) mass is 373 g/mol. The Bertz CT molecular complexity index is 704. The molecule has 0 aliphatic heterocycles. The van der Waals surface area contributed by atoms with Crippen molar-refractivity contribution in [1.82, 2.24) is 0 Å². The number of hydrogen-bond acceptors (Lipinski definition) is 2. The second kappa shape index (κ2) is 8.77. The molecule has 0 spiro atoms. The van der Waals surface area contributed by atoms with Gasteiger partial charge >= 0.3 is 0 Å². The molecule has 0 bridgehead atoms. The third-order valence-electron chi connectivity index (χ3n) is 4.99. The first-order valence-electron chi connectivity index (χ1n) is 8.80. The smallest absolute Gasteiger partial charge is 0.118 e. The van der Waals surface area contributed by atoms with E-state index >= 15 is 0 Å². The maximum atomic E-state index is 5.91. The summed E-state index contributed by atoms with van der Waals surface area (Å²) in [5.74, 6) is 2.27. The van der Waals surface area contributed by atoms with E-state index < -0.39 is 0 Å². The number of halogens is 1. The van der Waals surface area contributed by atoms with E-state index in [4.69, 9.17) is 16.3 Å². The van der Waals surface area contributed by atoms with E-state index in [0.717, 1.165) is 27.9 Å². The summed E-state index contributed by atoms with van der Waals surface area (Å²) in [6.45, 7) is 0. The molecule has 1 fully saturated rings. The third-order valence-corrected chi connectivity index (χ3v) is 5.52. The second-order valence-corrected chi connectivity index (χ2v) is 7.65. The standard InChI is InChI=1S/C21H24ClNOS/c1-24-20-12-6-17(7-13-20)16-4-2-15(3-5-16)14-21(25)23-19-10-8-18(22)9-11-19/h6-13,15-16H,2-5,14H2,1H3,(H,23,25)/t15-,16+. The highest BCUT2D eigenvalue weighted by molar-refractivity contribution is 7.97. The molecular weight excluding hydrogens is 350 g/mol. The van der Waals surface area contributed by atoms with Crippen LogP contribution in [0.4, 0.5) is 5.69 Å². The number of benzene rings is 2. The molecule has 0 amide bonds. The summed E-state index contributed by atoms with van der Waals surface area (Å²) in [6.07, 6.45) is 5.90. The lowest BCUT2D eigenvalue weighted by atomic mass is 9.78. The van der Waals surface area contributed by atoms with Gasteiger partial charge in [-0.1, -0.05) is 23.7 Å². The molecule has 0 saturated heterocycles. The molecule has 2 aromatic rings. The number of thiol groups is 1. The zero-order valence-corrected chi connectivity index (χ0v) is 16.1. The van der Waals surface area contributed by atoms with Crippen molar-refractivity contribution in [2.45, 2.75) is 38.0 Å². The van der Waals surface area contributed by atoms with Crippen LogP contribution >= 0.6 is 24.2 Å². The Morgan fingerprint density at radius 2 is 1.68 bits per heavy atom. The van der Waals surface area contributed by atoms with Gasteiger partial charge in [0.25, 0.3) is 0 Å².